The van der Waals surface area contributed by atoms with E-state index in [1.807, 2.05) is 4.90 Å². The van der Waals surface area contributed by atoms with Crippen LogP contribution in [0, 0.1) is 11.7 Å². The van der Waals surface area contributed by atoms with Crippen LogP contribution in [0.5, 0.6) is 0 Å². The second-order valence-electron chi connectivity index (χ2n) is 4.86. The zero-order chi connectivity index (χ0) is 13.8. The van der Waals surface area contributed by atoms with Gasteiger partial charge in [-0.1, -0.05) is 0 Å². The third kappa shape index (κ3) is 3.65. The average molecular weight is 267 g/mol. The maximum absolute atomic E-state index is 13.4. The van der Waals surface area contributed by atoms with Crippen LogP contribution in [0.2, 0.25) is 0 Å². The molecule has 1 heterocycles. The molecule has 0 aromatic heterocycles. The number of aliphatic hydroxyl groups is 1. The topological polar surface area (TPSA) is 78.6 Å². The second kappa shape index (κ2) is 5.99. The molecule has 5 nitrogen and oxygen atoms in total. The van der Waals surface area contributed by atoms with Gasteiger partial charge in [0.15, 0.2) is 0 Å². The molecule has 1 aliphatic heterocycles. The van der Waals surface area contributed by atoms with Crippen molar-refractivity contribution in [2.75, 3.05) is 37.3 Å². The van der Waals surface area contributed by atoms with Gasteiger partial charge in [-0.15, -0.1) is 0 Å². The molecule has 1 saturated heterocycles. The van der Waals surface area contributed by atoms with E-state index in [1.165, 1.54) is 18.2 Å². The lowest BCUT2D eigenvalue weighted by Gasteiger charge is -2.15. The standard InChI is InChI=1S/C13H18FN3O2/c14-11-2-1-10(15)5-12(11)16-13(19)7-17-4-3-9(6-17)8-18/h1-2,5,9,18H,3-4,6-8,15H2,(H,16,19). The van der Waals surface area contributed by atoms with Gasteiger partial charge in [-0.25, -0.2) is 4.39 Å². The molecule has 1 aliphatic rings. The Morgan fingerprint density at radius 1 is 1.58 bits per heavy atom. The quantitative estimate of drug-likeness (QED) is 0.700. The van der Waals surface area contributed by atoms with Crippen molar-refractivity contribution in [3.63, 3.8) is 0 Å². The zero-order valence-corrected chi connectivity index (χ0v) is 10.6. The van der Waals surface area contributed by atoms with Crippen LogP contribution in [0.4, 0.5) is 15.8 Å². The van der Waals surface area contributed by atoms with Crippen LogP contribution in [0.3, 0.4) is 0 Å². The summed E-state index contributed by atoms with van der Waals surface area (Å²) in [6.45, 7) is 1.81. The molecule has 104 valence electrons. The van der Waals surface area contributed by atoms with Crippen molar-refractivity contribution in [2.24, 2.45) is 5.92 Å². The first kappa shape index (κ1) is 13.8. The molecule has 1 aromatic carbocycles. The van der Waals surface area contributed by atoms with E-state index in [4.69, 9.17) is 10.8 Å². The van der Waals surface area contributed by atoms with Gasteiger partial charge >= 0.3 is 0 Å². The number of halogens is 1. The summed E-state index contributed by atoms with van der Waals surface area (Å²) in [4.78, 5) is 13.7. The number of rotatable bonds is 4. The molecular weight excluding hydrogens is 249 g/mol. The summed E-state index contributed by atoms with van der Waals surface area (Å²) in [5, 5.41) is 11.5. The maximum Gasteiger partial charge on any atom is 0.238 e. The van der Waals surface area contributed by atoms with E-state index in [9.17, 15) is 9.18 Å². The Morgan fingerprint density at radius 3 is 3.05 bits per heavy atom. The van der Waals surface area contributed by atoms with Gasteiger partial charge in [0, 0.05) is 18.8 Å². The van der Waals surface area contributed by atoms with E-state index in [0.29, 0.717) is 12.2 Å². The lowest BCUT2D eigenvalue weighted by atomic mass is 10.1. The van der Waals surface area contributed by atoms with Gasteiger partial charge in [0.2, 0.25) is 5.91 Å². The number of carbonyl (C=O) groups is 1. The summed E-state index contributed by atoms with van der Waals surface area (Å²) < 4.78 is 13.4. The Hall–Kier alpha value is -1.66. The van der Waals surface area contributed by atoms with Crippen molar-refractivity contribution in [1.82, 2.24) is 4.90 Å². The summed E-state index contributed by atoms with van der Waals surface area (Å²) in [5.74, 6) is -0.544. The Balaban J connectivity index is 1.89. The predicted molar refractivity (Wildman–Crippen MR) is 71.1 cm³/mol. The molecule has 1 fully saturated rings. The van der Waals surface area contributed by atoms with E-state index in [1.54, 1.807) is 0 Å². The SMILES string of the molecule is Nc1ccc(F)c(NC(=O)CN2CCC(CO)C2)c1. The monoisotopic (exact) mass is 267 g/mol. The molecule has 1 unspecified atom stereocenters. The number of nitrogens with two attached hydrogens (primary N) is 1. The van der Waals surface area contributed by atoms with E-state index in [2.05, 4.69) is 5.32 Å². The fourth-order valence-electron chi connectivity index (χ4n) is 2.24. The molecule has 0 aliphatic carbocycles. The van der Waals surface area contributed by atoms with E-state index < -0.39 is 5.82 Å². The van der Waals surface area contributed by atoms with Gasteiger partial charge in [0.05, 0.1) is 12.2 Å². The first-order chi connectivity index (χ1) is 9.08. The minimum atomic E-state index is -0.503. The number of aliphatic hydroxyl groups excluding tert-OH is 1. The molecule has 1 atom stereocenters. The Kier molecular flexibility index (Phi) is 4.34. The fourth-order valence-corrected chi connectivity index (χ4v) is 2.24. The molecule has 4 N–H and O–H groups in total. The van der Waals surface area contributed by atoms with Crippen molar-refractivity contribution in [2.45, 2.75) is 6.42 Å². The van der Waals surface area contributed by atoms with Crippen molar-refractivity contribution >= 4 is 17.3 Å². The maximum atomic E-state index is 13.4. The molecule has 0 radical (unpaired) electrons. The second-order valence-corrected chi connectivity index (χ2v) is 4.86. The minimum absolute atomic E-state index is 0.0999. The normalized spacial score (nSPS) is 19.6. The number of hydrogen-bond donors (Lipinski definition) is 3. The van der Waals surface area contributed by atoms with E-state index in [0.717, 1.165) is 13.0 Å². The number of benzene rings is 1. The average Bonchev–Trinajstić information content (AvgIpc) is 2.81. The molecule has 1 amide bonds. The molecule has 0 spiro atoms. The van der Waals surface area contributed by atoms with Crippen molar-refractivity contribution in [3.05, 3.63) is 24.0 Å². The van der Waals surface area contributed by atoms with E-state index >= 15 is 0 Å². The number of amides is 1. The lowest BCUT2D eigenvalue weighted by molar-refractivity contribution is -0.117. The van der Waals surface area contributed by atoms with Gasteiger partial charge in [-0.2, -0.15) is 0 Å². The number of nitrogens with zero attached hydrogens (tertiary/aromatic N) is 1. The molecule has 1 aromatic rings. The van der Waals surface area contributed by atoms with Crippen molar-refractivity contribution in [3.8, 4) is 0 Å². The highest BCUT2D eigenvalue weighted by molar-refractivity contribution is 5.92. The van der Waals surface area contributed by atoms with Crippen molar-refractivity contribution < 1.29 is 14.3 Å². The van der Waals surface area contributed by atoms with Crippen LogP contribution in [0.25, 0.3) is 0 Å². The molecule has 19 heavy (non-hydrogen) atoms. The number of nitrogens with one attached hydrogen (secondary N) is 1. The molecular formula is C13H18FN3O2. The third-order valence-corrected chi connectivity index (χ3v) is 3.26. The van der Waals surface area contributed by atoms with Crippen LogP contribution in [0.1, 0.15) is 6.42 Å². The Morgan fingerprint density at radius 2 is 2.37 bits per heavy atom. The summed E-state index contributed by atoms with van der Waals surface area (Å²) in [6.07, 6.45) is 0.885. The number of nitrogen functional groups attached to an aromatic ring is 1. The first-order valence-electron chi connectivity index (χ1n) is 6.26. The van der Waals surface area contributed by atoms with Gasteiger partial charge in [0.1, 0.15) is 5.82 Å². The molecule has 0 saturated carbocycles. The van der Waals surface area contributed by atoms with Gasteiger partial charge in [-0.05, 0) is 37.1 Å². The van der Waals surface area contributed by atoms with Crippen LogP contribution in [0.15, 0.2) is 18.2 Å². The number of hydrogen-bond acceptors (Lipinski definition) is 4. The van der Waals surface area contributed by atoms with Crippen LogP contribution >= 0.6 is 0 Å². The van der Waals surface area contributed by atoms with Gasteiger partial charge < -0.3 is 16.2 Å². The highest BCUT2D eigenvalue weighted by Gasteiger charge is 2.23. The lowest BCUT2D eigenvalue weighted by Crippen LogP contribution is -2.32. The first-order valence-corrected chi connectivity index (χ1v) is 6.26. The summed E-state index contributed by atoms with van der Waals surface area (Å²) in [7, 11) is 0. The van der Waals surface area contributed by atoms with Crippen molar-refractivity contribution in [1.29, 1.82) is 0 Å². The summed E-state index contributed by atoms with van der Waals surface area (Å²) in [5.41, 5.74) is 6.05. The Bertz CT molecular complexity index is 467. The smallest absolute Gasteiger partial charge is 0.238 e. The van der Waals surface area contributed by atoms with Gasteiger partial charge in [-0.3, -0.25) is 9.69 Å². The predicted octanol–water partition coefficient (Wildman–Crippen LogP) is 0.661. The largest absolute Gasteiger partial charge is 0.399 e. The van der Waals surface area contributed by atoms with Crippen LogP contribution < -0.4 is 11.1 Å². The van der Waals surface area contributed by atoms with E-state index in [-0.39, 0.29) is 30.7 Å². The number of carbonyl (C=O) groups excluding carboxylic acids is 1. The number of likely N-dealkylation sites (tertiary alicyclic amines) is 1. The minimum Gasteiger partial charge on any atom is -0.399 e. The summed E-state index contributed by atoms with van der Waals surface area (Å²) in [6, 6.07) is 4.06. The van der Waals surface area contributed by atoms with Crippen LogP contribution in [-0.2, 0) is 4.79 Å². The third-order valence-electron chi connectivity index (χ3n) is 3.26. The fraction of sp³-hybridized carbons (Fsp3) is 0.462. The molecule has 6 heteroatoms. The van der Waals surface area contributed by atoms with Gasteiger partial charge in [0.25, 0.3) is 0 Å². The summed E-state index contributed by atoms with van der Waals surface area (Å²) >= 11 is 0. The zero-order valence-electron chi connectivity index (χ0n) is 10.6. The highest BCUT2D eigenvalue weighted by Crippen LogP contribution is 2.18. The Labute approximate surface area is 111 Å². The highest BCUT2D eigenvalue weighted by atomic mass is 19.1. The number of anilines is 2. The molecule has 2 rings (SSSR count). The molecule has 0 bridgehead atoms. The van der Waals surface area contributed by atoms with Crippen LogP contribution in [-0.4, -0.2) is 42.2 Å².